The second-order valence-electron chi connectivity index (χ2n) is 3.07. The van der Waals surface area contributed by atoms with Gasteiger partial charge in [0, 0.05) is 17.1 Å². The minimum absolute atomic E-state index is 0.0125. The molecule has 0 unspecified atom stereocenters. The minimum atomic E-state index is -1.51. The summed E-state index contributed by atoms with van der Waals surface area (Å²) in [4.78, 5) is 24.5. The molecular weight excluding hydrogens is 198 g/mol. The number of hydrogen-bond acceptors (Lipinski definition) is 3. The quantitative estimate of drug-likeness (QED) is 0.506. The summed E-state index contributed by atoms with van der Waals surface area (Å²) in [6.07, 6.45) is 1.32. The Balaban J connectivity index is 2.67. The fourth-order valence-corrected chi connectivity index (χ4v) is 1.41. The second kappa shape index (κ2) is 3.13. The van der Waals surface area contributed by atoms with E-state index in [9.17, 15) is 14.7 Å². The van der Waals surface area contributed by atoms with Gasteiger partial charge in [0.15, 0.2) is 0 Å². The molecule has 3 N–H and O–H groups in total. The number of ketones is 1. The molecule has 0 atom stereocenters. The summed E-state index contributed by atoms with van der Waals surface area (Å²) in [5, 5.41) is 18.2. The van der Waals surface area contributed by atoms with E-state index in [0.29, 0.717) is 10.9 Å². The van der Waals surface area contributed by atoms with Crippen molar-refractivity contribution in [3.63, 3.8) is 0 Å². The number of aromatic hydroxyl groups is 1. The first-order chi connectivity index (χ1) is 7.09. The molecule has 0 fully saturated rings. The van der Waals surface area contributed by atoms with Crippen LogP contribution in [0, 0.1) is 0 Å². The van der Waals surface area contributed by atoms with Crippen molar-refractivity contribution in [3.05, 3.63) is 30.0 Å². The third kappa shape index (κ3) is 1.43. The first-order valence-electron chi connectivity index (χ1n) is 4.17. The van der Waals surface area contributed by atoms with Crippen LogP contribution in [0.2, 0.25) is 0 Å². The van der Waals surface area contributed by atoms with Gasteiger partial charge in [0.05, 0.1) is 5.56 Å². The predicted octanol–water partition coefficient (Wildman–Crippen LogP) is 1.14. The van der Waals surface area contributed by atoms with E-state index in [0.717, 1.165) is 0 Å². The van der Waals surface area contributed by atoms with E-state index in [1.807, 2.05) is 0 Å². The van der Waals surface area contributed by atoms with Gasteiger partial charge in [-0.1, -0.05) is 0 Å². The molecule has 0 bridgehead atoms. The number of carboxylic acids is 1. The van der Waals surface area contributed by atoms with Crippen LogP contribution in [0.15, 0.2) is 24.4 Å². The van der Waals surface area contributed by atoms with E-state index in [1.54, 1.807) is 6.07 Å². The van der Waals surface area contributed by atoms with Crippen LogP contribution in [0.3, 0.4) is 0 Å². The van der Waals surface area contributed by atoms with Gasteiger partial charge in [-0.15, -0.1) is 0 Å². The van der Waals surface area contributed by atoms with Gasteiger partial charge >= 0.3 is 5.97 Å². The number of phenolic OH excluding ortho intramolecular Hbond substituents is 1. The average Bonchev–Trinajstić information content (AvgIpc) is 2.59. The number of aromatic amines is 1. The molecule has 0 saturated heterocycles. The molecule has 15 heavy (non-hydrogen) atoms. The van der Waals surface area contributed by atoms with Crippen molar-refractivity contribution in [2.24, 2.45) is 0 Å². The van der Waals surface area contributed by atoms with Crippen LogP contribution >= 0.6 is 0 Å². The zero-order chi connectivity index (χ0) is 11.0. The van der Waals surface area contributed by atoms with Crippen LogP contribution in [-0.2, 0) is 4.79 Å². The fourth-order valence-electron chi connectivity index (χ4n) is 1.41. The summed E-state index contributed by atoms with van der Waals surface area (Å²) in [5.74, 6) is -2.52. The number of aromatic nitrogens is 1. The molecular formula is C10H7NO4. The molecule has 1 aromatic carbocycles. The third-order valence-corrected chi connectivity index (χ3v) is 2.10. The van der Waals surface area contributed by atoms with Crippen molar-refractivity contribution in [2.45, 2.75) is 0 Å². The van der Waals surface area contributed by atoms with Crippen molar-refractivity contribution in [1.82, 2.24) is 4.98 Å². The Bertz CT molecular complexity index is 556. The third-order valence-electron chi connectivity index (χ3n) is 2.10. The zero-order valence-corrected chi connectivity index (χ0v) is 7.52. The standard InChI is InChI=1S/C10H7NO4/c12-5-1-2-8-6(3-5)7(4-11-8)9(13)10(14)15/h1-4,11-12H,(H,14,15). The molecule has 2 rings (SSSR count). The number of fused-ring (bicyclic) bond motifs is 1. The minimum Gasteiger partial charge on any atom is -0.508 e. The van der Waals surface area contributed by atoms with E-state index in [-0.39, 0.29) is 11.3 Å². The van der Waals surface area contributed by atoms with Crippen LogP contribution < -0.4 is 0 Å². The van der Waals surface area contributed by atoms with Gasteiger partial charge in [0.1, 0.15) is 5.75 Å². The first-order valence-corrected chi connectivity index (χ1v) is 4.17. The number of carboxylic acid groups (broad SMARTS) is 1. The molecule has 0 aliphatic heterocycles. The molecule has 0 saturated carbocycles. The SMILES string of the molecule is O=C(O)C(=O)c1c[nH]c2ccc(O)cc12. The molecule has 0 aliphatic rings. The fraction of sp³-hybridized carbons (Fsp3) is 0. The van der Waals surface area contributed by atoms with Crippen molar-refractivity contribution < 1.29 is 19.8 Å². The van der Waals surface area contributed by atoms with Gasteiger partial charge in [-0.3, -0.25) is 4.79 Å². The Kier molecular flexibility index (Phi) is 1.93. The van der Waals surface area contributed by atoms with Crippen LogP contribution in [-0.4, -0.2) is 26.9 Å². The maximum absolute atomic E-state index is 11.2. The molecule has 0 aliphatic carbocycles. The van der Waals surface area contributed by atoms with Gasteiger partial charge < -0.3 is 15.2 Å². The number of aliphatic carboxylic acids is 1. The zero-order valence-electron chi connectivity index (χ0n) is 7.52. The van der Waals surface area contributed by atoms with Gasteiger partial charge in [-0.2, -0.15) is 0 Å². The number of Topliss-reactive ketones (excluding diaryl/α,β-unsaturated/α-hetero) is 1. The van der Waals surface area contributed by atoms with E-state index < -0.39 is 11.8 Å². The molecule has 1 aromatic heterocycles. The van der Waals surface area contributed by atoms with E-state index in [2.05, 4.69) is 4.98 Å². The molecule has 5 nitrogen and oxygen atoms in total. The van der Waals surface area contributed by atoms with E-state index >= 15 is 0 Å². The van der Waals surface area contributed by atoms with Gasteiger partial charge in [0.2, 0.25) is 0 Å². The largest absolute Gasteiger partial charge is 0.508 e. The number of H-pyrrole nitrogens is 1. The summed E-state index contributed by atoms with van der Waals surface area (Å²) >= 11 is 0. The monoisotopic (exact) mass is 205 g/mol. The van der Waals surface area contributed by atoms with Crippen LogP contribution in [0.25, 0.3) is 10.9 Å². The van der Waals surface area contributed by atoms with Gasteiger partial charge in [0.25, 0.3) is 5.78 Å². The molecule has 1 heterocycles. The summed E-state index contributed by atoms with van der Waals surface area (Å²) in [6, 6.07) is 4.37. The molecule has 0 radical (unpaired) electrons. The van der Waals surface area contributed by atoms with Crippen LogP contribution in [0.5, 0.6) is 5.75 Å². The maximum Gasteiger partial charge on any atom is 0.377 e. The van der Waals surface area contributed by atoms with Crippen molar-refractivity contribution in [3.8, 4) is 5.75 Å². The van der Waals surface area contributed by atoms with Crippen molar-refractivity contribution in [1.29, 1.82) is 0 Å². The molecule has 5 heteroatoms. The Morgan fingerprint density at radius 3 is 2.67 bits per heavy atom. The van der Waals surface area contributed by atoms with Crippen molar-refractivity contribution >= 4 is 22.7 Å². The Labute approximate surface area is 84.0 Å². The molecule has 0 spiro atoms. The van der Waals surface area contributed by atoms with E-state index in [1.165, 1.54) is 18.3 Å². The number of carbonyl (C=O) groups excluding carboxylic acids is 1. The molecule has 2 aromatic rings. The number of carbonyl (C=O) groups is 2. The Morgan fingerprint density at radius 2 is 2.00 bits per heavy atom. The Morgan fingerprint density at radius 1 is 1.27 bits per heavy atom. The smallest absolute Gasteiger partial charge is 0.377 e. The lowest BCUT2D eigenvalue weighted by atomic mass is 10.1. The summed E-state index contributed by atoms with van der Waals surface area (Å²) in [5.41, 5.74) is 0.658. The summed E-state index contributed by atoms with van der Waals surface area (Å²) < 4.78 is 0. The lowest BCUT2D eigenvalue weighted by molar-refractivity contribution is -0.131. The predicted molar refractivity (Wildman–Crippen MR) is 51.9 cm³/mol. The number of nitrogens with one attached hydrogen (secondary N) is 1. The average molecular weight is 205 g/mol. The normalized spacial score (nSPS) is 10.4. The number of benzene rings is 1. The number of rotatable bonds is 2. The molecule has 76 valence electrons. The highest BCUT2D eigenvalue weighted by molar-refractivity contribution is 6.42. The number of hydrogen-bond donors (Lipinski definition) is 3. The summed E-state index contributed by atoms with van der Waals surface area (Å²) in [6.45, 7) is 0. The topological polar surface area (TPSA) is 90.4 Å². The van der Waals surface area contributed by atoms with Crippen LogP contribution in [0.1, 0.15) is 10.4 Å². The van der Waals surface area contributed by atoms with Crippen LogP contribution in [0.4, 0.5) is 0 Å². The lowest BCUT2D eigenvalue weighted by Crippen LogP contribution is -2.11. The van der Waals surface area contributed by atoms with E-state index in [4.69, 9.17) is 5.11 Å². The van der Waals surface area contributed by atoms with Gasteiger partial charge in [-0.25, -0.2) is 4.79 Å². The highest BCUT2D eigenvalue weighted by atomic mass is 16.4. The highest BCUT2D eigenvalue weighted by Gasteiger charge is 2.18. The molecule has 0 amide bonds. The lowest BCUT2D eigenvalue weighted by Gasteiger charge is -1.94. The number of phenols is 1. The van der Waals surface area contributed by atoms with Crippen molar-refractivity contribution in [2.75, 3.05) is 0 Å². The van der Waals surface area contributed by atoms with Gasteiger partial charge in [-0.05, 0) is 18.2 Å². The highest BCUT2D eigenvalue weighted by Crippen LogP contribution is 2.23. The first kappa shape index (κ1) is 9.26. The maximum atomic E-state index is 11.2. The Hall–Kier alpha value is -2.30. The summed E-state index contributed by atoms with van der Waals surface area (Å²) in [7, 11) is 0. The second-order valence-corrected chi connectivity index (χ2v) is 3.07.